The van der Waals surface area contributed by atoms with Gasteiger partial charge in [0.05, 0.1) is 25.0 Å². The van der Waals surface area contributed by atoms with Crippen molar-refractivity contribution in [1.29, 1.82) is 0 Å². The van der Waals surface area contributed by atoms with Crippen molar-refractivity contribution in [2.24, 2.45) is 0 Å². The van der Waals surface area contributed by atoms with Crippen molar-refractivity contribution in [3.8, 4) is 11.5 Å². The maximum Gasteiger partial charge on any atom is 0.325 e. The summed E-state index contributed by atoms with van der Waals surface area (Å²) in [5.41, 5.74) is 3.34. The number of methoxy groups -OCH3 is 1. The molecule has 2 aliphatic heterocycles. The predicted octanol–water partition coefficient (Wildman–Crippen LogP) is 6.52. The number of hydrogen-bond acceptors (Lipinski definition) is 4. The highest BCUT2D eigenvalue weighted by atomic mass is 35.5. The predicted molar refractivity (Wildman–Crippen MR) is 157 cm³/mol. The molecule has 2 heterocycles. The van der Waals surface area contributed by atoms with Crippen molar-refractivity contribution in [2.75, 3.05) is 26.7 Å². The van der Waals surface area contributed by atoms with Gasteiger partial charge in [-0.3, -0.25) is 9.69 Å². The lowest BCUT2D eigenvalue weighted by atomic mass is 9.88. The number of nitrogens with zero attached hydrogens (tertiary/aromatic N) is 2. The van der Waals surface area contributed by atoms with E-state index in [-0.39, 0.29) is 30.5 Å². The van der Waals surface area contributed by atoms with Gasteiger partial charge in [0, 0.05) is 40.7 Å². The van der Waals surface area contributed by atoms with Gasteiger partial charge in [-0.15, -0.1) is 0 Å². The van der Waals surface area contributed by atoms with Gasteiger partial charge in [-0.05, 0) is 67.4 Å². The Morgan fingerprint density at radius 1 is 0.975 bits per heavy atom. The zero-order valence-corrected chi connectivity index (χ0v) is 24.1. The molecule has 40 heavy (non-hydrogen) atoms. The Balaban J connectivity index is 1.71. The number of nitrogens with one attached hydrogen (secondary N) is 1. The number of amides is 3. The first-order chi connectivity index (χ1) is 19.2. The fourth-order valence-corrected chi connectivity index (χ4v) is 5.47. The number of hydrogen-bond donors (Lipinski definition) is 1. The minimum absolute atomic E-state index is 0.0144. The Kier molecular flexibility index (Phi) is 8.24. The Bertz CT molecular complexity index is 1420. The van der Waals surface area contributed by atoms with Gasteiger partial charge in [0.25, 0.3) is 0 Å². The van der Waals surface area contributed by atoms with Crippen LogP contribution in [0.3, 0.4) is 0 Å². The summed E-state index contributed by atoms with van der Waals surface area (Å²) in [5.74, 6) is 0.841. The Labute approximate surface area is 244 Å². The SMILES string of the molecule is COc1ccc(C2=CC(c3ccc(Cl)cc3)C(c3ccc(Cl)cc3)N2C(=O)N2CCNC(=O)C2)c(OC(C)C)c1. The van der Waals surface area contributed by atoms with E-state index in [9.17, 15) is 9.59 Å². The van der Waals surface area contributed by atoms with Gasteiger partial charge in [-0.25, -0.2) is 4.79 Å². The summed E-state index contributed by atoms with van der Waals surface area (Å²) < 4.78 is 11.7. The maximum atomic E-state index is 14.4. The molecule has 7 nitrogen and oxygen atoms in total. The van der Waals surface area contributed by atoms with Gasteiger partial charge >= 0.3 is 6.03 Å². The lowest BCUT2D eigenvalue weighted by Gasteiger charge is -2.37. The summed E-state index contributed by atoms with van der Waals surface area (Å²) in [5, 5.41) is 4.04. The van der Waals surface area contributed by atoms with Crippen LogP contribution in [0.1, 0.15) is 42.5 Å². The molecule has 2 aliphatic rings. The first-order valence-electron chi connectivity index (χ1n) is 13.2. The molecule has 0 spiro atoms. The summed E-state index contributed by atoms with van der Waals surface area (Å²) in [6.45, 7) is 4.70. The summed E-state index contributed by atoms with van der Waals surface area (Å²) in [6, 6.07) is 20.1. The van der Waals surface area contributed by atoms with E-state index in [4.69, 9.17) is 32.7 Å². The van der Waals surface area contributed by atoms with Gasteiger partial charge < -0.3 is 19.7 Å². The van der Waals surface area contributed by atoms with E-state index in [1.54, 1.807) is 16.9 Å². The van der Waals surface area contributed by atoms with Gasteiger partial charge in [-0.1, -0.05) is 47.5 Å². The van der Waals surface area contributed by atoms with Crippen molar-refractivity contribution in [3.05, 3.63) is 99.5 Å². The Hall–Kier alpha value is -3.68. The Morgan fingerprint density at radius 3 is 2.23 bits per heavy atom. The normalized spacial score (nSPS) is 18.9. The molecule has 5 rings (SSSR count). The molecule has 9 heteroatoms. The second-order valence-electron chi connectivity index (χ2n) is 10.1. The molecule has 2 unspecified atom stereocenters. The molecule has 3 amide bonds. The highest BCUT2D eigenvalue weighted by Crippen LogP contribution is 2.50. The van der Waals surface area contributed by atoms with E-state index >= 15 is 0 Å². The molecule has 0 saturated carbocycles. The molecule has 0 aromatic heterocycles. The monoisotopic (exact) mass is 579 g/mol. The molecular weight excluding hydrogens is 549 g/mol. The van der Waals surface area contributed by atoms with Gasteiger partial charge in [0.2, 0.25) is 5.91 Å². The van der Waals surface area contributed by atoms with Gasteiger partial charge in [-0.2, -0.15) is 0 Å². The van der Waals surface area contributed by atoms with E-state index in [2.05, 4.69) is 11.4 Å². The summed E-state index contributed by atoms with van der Waals surface area (Å²) in [7, 11) is 1.60. The third-order valence-electron chi connectivity index (χ3n) is 7.02. The minimum atomic E-state index is -0.417. The highest BCUT2D eigenvalue weighted by Gasteiger charge is 2.43. The molecule has 1 fully saturated rings. The number of halogens is 2. The molecule has 0 radical (unpaired) electrons. The number of piperazine rings is 1. The van der Waals surface area contributed by atoms with Gasteiger partial charge in [0.1, 0.15) is 18.0 Å². The highest BCUT2D eigenvalue weighted by molar-refractivity contribution is 6.30. The number of benzene rings is 3. The van der Waals surface area contributed by atoms with Crippen LogP contribution in [-0.4, -0.2) is 54.6 Å². The van der Waals surface area contributed by atoms with Crippen molar-refractivity contribution < 1.29 is 19.1 Å². The lowest BCUT2D eigenvalue weighted by Crippen LogP contribution is -2.53. The molecule has 1 N–H and O–H groups in total. The van der Waals surface area contributed by atoms with Gasteiger partial charge in [0.15, 0.2) is 0 Å². The van der Waals surface area contributed by atoms with E-state index in [0.29, 0.717) is 40.3 Å². The van der Waals surface area contributed by atoms with Crippen molar-refractivity contribution >= 4 is 40.8 Å². The zero-order chi connectivity index (χ0) is 28.4. The van der Waals surface area contributed by atoms with Crippen molar-refractivity contribution in [2.45, 2.75) is 31.9 Å². The topological polar surface area (TPSA) is 71.1 Å². The van der Waals surface area contributed by atoms with Crippen LogP contribution in [0.15, 0.2) is 72.8 Å². The minimum Gasteiger partial charge on any atom is -0.497 e. The molecule has 3 aromatic rings. The molecule has 2 atom stereocenters. The van der Waals surface area contributed by atoms with Crippen LogP contribution in [0.5, 0.6) is 11.5 Å². The maximum absolute atomic E-state index is 14.4. The molecule has 0 bridgehead atoms. The van der Waals surface area contributed by atoms with E-state index in [1.165, 1.54) is 0 Å². The second kappa shape index (κ2) is 11.8. The fourth-order valence-electron chi connectivity index (χ4n) is 5.22. The van der Waals surface area contributed by atoms with Crippen LogP contribution in [0.25, 0.3) is 5.70 Å². The van der Waals surface area contributed by atoms with Crippen LogP contribution < -0.4 is 14.8 Å². The second-order valence-corrected chi connectivity index (χ2v) is 11.0. The van der Waals surface area contributed by atoms with E-state index in [0.717, 1.165) is 16.7 Å². The first-order valence-corrected chi connectivity index (χ1v) is 13.9. The van der Waals surface area contributed by atoms with Crippen LogP contribution in [0.2, 0.25) is 10.0 Å². The summed E-state index contributed by atoms with van der Waals surface area (Å²) in [6.07, 6.45) is 1.99. The fraction of sp³-hybridized carbons (Fsp3) is 0.290. The van der Waals surface area contributed by atoms with Crippen LogP contribution in [-0.2, 0) is 4.79 Å². The van der Waals surface area contributed by atoms with Crippen LogP contribution in [0.4, 0.5) is 4.79 Å². The quantitative estimate of drug-likeness (QED) is 0.360. The van der Waals surface area contributed by atoms with Crippen LogP contribution >= 0.6 is 23.2 Å². The number of carbonyl (C=O) groups excluding carboxylic acids is 2. The summed E-state index contributed by atoms with van der Waals surface area (Å²) >= 11 is 12.5. The van der Waals surface area contributed by atoms with Crippen molar-refractivity contribution in [3.63, 3.8) is 0 Å². The number of carbonyl (C=O) groups is 2. The molecule has 3 aromatic carbocycles. The smallest absolute Gasteiger partial charge is 0.325 e. The first kappa shape index (κ1) is 27.9. The van der Waals surface area contributed by atoms with Crippen LogP contribution in [0, 0.1) is 0 Å². The Morgan fingerprint density at radius 2 is 1.62 bits per heavy atom. The summed E-state index contributed by atoms with van der Waals surface area (Å²) in [4.78, 5) is 30.1. The molecular formula is C31H31Cl2N3O4. The largest absolute Gasteiger partial charge is 0.497 e. The lowest BCUT2D eigenvalue weighted by molar-refractivity contribution is -0.123. The van der Waals surface area contributed by atoms with Crippen molar-refractivity contribution in [1.82, 2.24) is 15.1 Å². The molecule has 0 aliphatic carbocycles. The standard InChI is InChI=1S/C31H31Cl2N3O4/c1-19(2)40-28-16-24(39-3)12-13-25(28)27-17-26(20-4-8-22(32)9-5-20)30(21-6-10-23(33)11-7-21)36(27)31(38)35-15-14-34-29(37)18-35/h4-13,16-17,19,26,30H,14-15,18H2,1-3H3,(H,34,37). The van der Waals surface area contributed by atoms with E-state index < -0.39 is 6.04 Å². The third kappa shape index (κ3) is 5.76. The number of ether oxygens (including phenoxy) is 2. The number of urea groups is 1. The average Bonchev–Trinajstić information content (AvgIpc) is 3.33. The molecule has 1 saturated heterocycles. The zero-order valence-electron chi connectivity index (χ0n) is 22.6. The third-order valence-corrected chi connectivity index (χ3v) is 7.53. The average molecular weight is 581 g/mol. The van der Waals surface area contributed by atoms with E-state index in [1.807, 2.05) is 80.6 Å². The molecule has 208 valence electrons. The number of rotatable bonds is 6.